The molecule has 1 N–H and O–H groups in total. The van der Waals surface area contributed by atoms with Gasteiger partial charge in [0.2, 0.25) is 8.24 Å². The van der Waals surface area contributed by atoms with E-state index in [1.807, 2.05) is 67.6 Å². The summed E-state index contributed by atoms with van der Waals surface area (Å²) >= 11 is -2.57. The van der Waals surface area contributed by atoms with Crippen LogP contribution in [-0.2, 0) is 11.3 Å². The van der Waals surface area contributed by atoms with E-state index in [9.17, 15) is 18.7 Å². The standard InChI is InChI=1S/C24H32N2O4SSi/c1-23(2,3)32(20-12-7-5-8-13-20,21-14-9-6-10-15-21)26(31(29)30)19-17-24(4)16-11-18-25(24)22(27)28/h5-10,12-15,17,19H,11,16,18H2,1-4H3,(H,27,28)(H,29,30)/p-1/b19-17+/t24-/m0/s1. The van der Waals surface area contributed by atoms with E-state index in [-0.39, 0.29) is 0 Å². The van der Waals surface area contributed by atoms with Crippen LogP contribution in [0.3, 0.4) is 0 Å². The molecule has 2 aromatic carbocycles. The number of rotatable bonds is 6. The van der Waals surface area contributed by atoms with Crippen LogP contribution in [0.15, 0.2) is 72.9 Å². The molecule has 32 heavy (non-hydrogen) atoms. The molecule has 1 saturated heterocycles. The fourth-order valence-electron chi connectivity index (χ4n) is 4.95. The number of hydrogen-bond acceptors (Lipinski definition) is 3. The van der Waals surface area contributed by atoms with Gasteiger partial charge in [0.05, 0.1) is 5.54 Å². The summed E-state index contributed by atoms with van der Waals surface area (Å²) in [6, 6.07) is 19.6. The van der Waals surface area contributed by atoms with Gasteiger partial charge in [0.15, 0.2) is 0 Å². The molecule has 1 heterocycles. The molecule has 2 atom stereocenters. The third kappa shape index (κ3) is 4.27. The molecule has 1 unspecified atom stereocenters. The highest BCUT2D eigenvalue weighted by Gasteiger charge is 2.53. The predicted octanol–water partition coefficient (Wildman–Crippen LogP) is 3.69. The van der Waals surface area contributed by atoms with Crippen molar-refractivity contribution in [1.29, 1.82) is 0 Å². The van der Waals surface area contributed by atoms with E-state index in [1.54, 1.807) is 12.3 Å². The lowest BCUT2D eigenvalue weighted by atomic mass is 9.99. The first-order chi connectivity index (χ1) is 15.0. The number of amides is 1. The van der Waals surface area contributed by atoms with Crippen molar-refractivity contribution in [2.75, 3.05) is 6.54 Å². The largest absolute Gasteiger partial charge is 0.756 e. The molecule has 6 nitrogen and oxygen atoms in total. The molecule has 1 amide bonds. The highest BCUT2D eigenvalue weighted by molar-refractivity contribution is 7.78. The molecule has 1 aliphatic rings. The molecule has 8 heteroatoms. The van der Waals surface area contributed by atoms with Crippen molar-refractivity contribution >= 4 is 36.0 Å². The Morgan fingerprint density at radius 1 is 1.12 bits per heavy atom. The maximum atomic E-state index is 12.8. The van der Waals surface area contributed by atoms with Crippen LogP contribution in [0.25, 0.3) is 0 Å². The van der Waals surface area contributed by atoms with E-state index < -0.39 is 36.2 Å². The highest BCUT2D eigenvalue weighted by atomic mass is 32.2. The number of hydrogen-bond donors (Lipinski definition) is 1. The van der Waals surface area contributed by atoms with E-state index in [0.29, 0.717) is 13.0 Å². The second kappa shape index (κ2) is 9.21. The normalized spacial score (nSPS) is 20.5. The molecular weight excluding hydrogens is 440 g/mol. The van der Waals surface area contributed by atoms with Crippen LogP contribution < -0.4 is 10.4 Å². The van der Waals surface area contributed by atoms with Gasteiger partial charge < -0.3 is 13.6 Å². The maximum Gasteiger partial charge on any atom is 0.407 e. The van der Waals surface area contributed by atoms with Crippen molar-refractivity contribution in [3.05, 3.63) is 72.9 Å². The van der Waals surface area contributed by atoms with Gasteiger partial charge in [0.25, 0.3) is 0 Å². The summed E-state index contributed by atoms with van der Waals surface area (Å²) in [6.07, 6.45) is 3.77. The lowest BCUT2D eigenvalue weighted by molar-refractivity contribution is 0.126. The Balaban J connectivity index is 2.26. The maximum absolute atomic E-state index is 12.8. The Morgan fingerprint density at radius 3 is 2.03 bits per heavy atom. The lowest BCUT2D eigenvalue weighted by Crippen LogP contribution is -2.73. The molecule has 2 aromatic rings. The van der Waals surface area contributed by atoms with E-state index in [1.165, 1.54) is 8.87 Å². The Morgan fingerprint density at radius 2 is 1.62 bits per heavy atom. The first kappa shape index (κ1) is 24.2. The van der Waals surface area contributed by atoms with Crippen LogP contribution in [0.2, 0.25) is 5.04 Å². The Hall–Kier alpha value is -2.42. The number of carboxylic acid groups (broad SMARTS) is 1. The quantitative estimate of drug-likeness (QED) is 0.514. The molecule has 172 valence electrons. The van der Waals surface area contributed by atoms with Gasteiger partial charge in [-0.05, 0) is 41.3 Å². The van der Waals surface area contributed by atoms with Gasteiger partial charge in [-0.2, -0.15) is 0 Å². The minimum atomic E-state index is -3.13. The molecule has 0 radical (unpaired) electrons. The van der Waals surface area contributed by atoms with Crippen LogP contribution in [0.1, 0.15) is 40.5 Å². The van der Waals surface area contributed by atoms with E-state index >= 15 is 0 Å². The molecule has 1 fully saturated rings. The van der Waals surface area contributed by atoms with Gasteiger partial charge in [-0.3, -0.25) is 9.11 Å². The monoisotopic (exact) mass is 471 g/mol. The summed E-state index contributed by atoms with van der Waals surface area (Å²) < 4.78 is 27.2. The summed E-state index contributed by atoms with van der Waals surface area (Å²) in [5.74, 6) is 0. The third-order valence-electron chi connectivity index (χ3n) is 6.44. The fraction of sp³-hybridized carbons (Fsp3) is 0.375. The van der Waals surface area contributed by atoms with Crippen molar-refractivity contribution in [3.8, 4) is 0 Å². The molecule has 1 aliphatic heterocycles. The van der Waals surface area contributed by atoms with Crippen molar-refractivity contribution in [3.63, 3.8) is 0 Å². The van der Waals surface area contributed by atoms with Crippen molar-refractivity contribution in [2.45, 2.75) is 51.1 Å². The van der Waals surface area contributed by atoms with Crippen LogP contribution in [0.4, 0.5) is 4.79 Å². The SMILES string of the molecule is CC(C)(C)[Si](c1ccccc1)(c1ccccc1)N(/C=C/[C@]1(C)CCCN1C(=O)O)S(=O)[O-]. The average Bonchev–Trinajstić information content (AvgIpc) is 3.13. The molecule has 0 aliphatic carbocycles. The van der Waals surface area contributed by atoms with E-state index in [4.69, 9.17) is 0 Å². The van der Waals surface area contributed by atoms with Crippen LogP contribution >= 0.6 is 0 Å². The Labute approximate surface area is 194 Å². The van der Waals surface area contributed by atoms with Crippen molar-refractivity contribution < 1.29 is 18.7 Å². The van der Waals surface area contributed by atoms with Crippen molar-refractivity contribution in [2.24, 2.45) is 0 Å². The summed E-state index contributed by atoms with van der Waals surface area (Å²) in [5.41, 5.74) is -0.755. The molecule has 3 rings (SSSR count). The van der Waals surface area contributed by atoms with Crippen LogP contribution in [-0.4, -0.2) is 49.2 Å². The smallest absolute Gasteiger partial charge is 0.407 e. The topological polar surface area (TPSA) is 83.9 Å². The summed E-state index contributed by atoms with van der Waals surface area (Å²) in [6.45, 7) is 8.52. The molecule has 0 aromatic heterocycles. The molecule has 0 saturated carbocycles. The predicted molar refractivity (Wildman–Crippen MR) is 130 cm³/mol. The van der Waals surface area contributed by atoms with Gasteiger partial charge >= 0.3 is 6.09 Å². The highest BCUT2D eigenvalue weighted by Crippen LogP contribution is 2.40. The Bertz CT molecular complexity index is 955. The second-order valence-corrected chi connectivity index (χ2v) is 15.2. The fourth-order valence-corrected chi connectivity index (χ4v) is 12.3. The van der Waals surface area contributed by atoms with Gasteiger partial charge in [-0.25, -0.2) is 4.79 Å². The Kier molecular flexibility index (Phi) is 6.97. The zero-order valence-electron chi connectivity index (χ0n) is 19.0. The molecular formula is C24H31N2O4SSi-. The molecule has 0 bridgehead atoms. The van der Waals surface area contributed by atoms with Crippen LogP contribution in [0.5, 0.6) is 0 Å². The number of likely N-dealkylation sites (tertiary alicyclic amines) is 1. The summed E-state index contributed by atoms with van der Waals surface area (Å²) in [4.78, 5) is 13.1. The molecule has 0 spiro atoms. The third-order valence-corrected chi connectivity index (χ3v) is 13.5. The summed E-state index contributed by atoms with van der Waals surface area (Å²) in [7, 11) is -3.13. The average molecular weight is 472 g/mol. The van der Waals surface area contributed by atoms with Gasteiger partial charge in [0.1, 0.15) is 0 Å². The number of nitrogens with zero attached hydrogens (tertiary/aromatic N) is 2. The zero-order chi connectivity index (χ0) is 23.6. The first-order valence-corrected chi connectivity index (χ1v) is 13.7. The van der Waals surface area contributed by atoms with Gasteiger partial charge in [-0.15, -0.1) is 0 Å². The van der Waals surface area contributed by atoms with Crippen molar-refractivity contribution in [1.82, 2.24) is 8.87 Å². The summed E-state index contributed by atoms with van der Waals surface area (Å²) in [5, 5.41) is 11.2. The van der Waals surface area contributed by atoms with Gasteiger partial charge in [0, 0.05) is 24.0 Å². The number of carbonyl (C=O) groups is 1. The minimum Gasteiger partial charge on any atom is -0.756 e. The lowest BCUT2D eigenvalue weighted by Gasteiger charge is -2.51. The van der Waals surface area contributed by atoms with Crippen LogP contribution in [0, 0.1) is 0 Å². The minimum absolute atomic E-state index is 0.414. The van der Waals surface area contributed by atoms with Gasteiger partial charge in [-0.1, -0.05) is 81.4 Å². The first-order valence-electron chi connectivity index (χ1n) is 10.7. The second-order valence-electron chi connectivity index (χ2n) is 9.45. The van der Waals surface area contributed by atoms with E-state index in [0.717, 1.165) is 16.8 Å². The zero-order valence-corrected chi connectivity index (χ0v) is 20.8. The van der Waals surface area contributed by atoms with E-state index in [2.05, 4.69) is 20.8 Å². The number of benzene rings is 2.